The highest BCUT2D eigenvalue weighted by Crippen LogP contribution is 2.10. The molecule has 0 amide bonds. The normalized spacial score (nSPS) is 18.8. The maximum absolute atomic E-state index is 11.5. The van der Waals surface area contributed by atoms with E-state index in [2.05, 4.69) is 17.1 Å². The second-order valence-electron chi connectivity index (χ2n) is 5.68. The molecule has 0 aliphatic carbocycles. The van der Waals surface area contributed by atoms with E-state index in [4.69, 9.17) is 0 Å². The SMILES string of the molecule is CCCN1CCC(NCCCN(CC)S(C)(=O)=O)CC1. The van der Waals surface area contributed by atoms with Crippen LogP contribution in [0, 0.1) is 0 Å². The van der Waals surface area contributed by atoms with Gasteiger partial charge in [-0.3, -0.25) is 0 Å². The molecule has 0 spiro atoms. The first-order valence-electron chi connectivity index (χ1n) is 7.88. The van der Waals surface area contributed by atoms with Crippen molar-refractivity contribution in [3.8, 4) is 0 Å². The molecule has 1 aliphatic heterocycles. The first-order chi connectivity index (χ1) is 9.47. The van der Waals surface area contributed by atoms with E-state index in [-0.39, 0.29) is 0 Å². The van der Waals surface area contributed by atoms with Gasteiger partial charge in [-0.1, -0.05) is 13.8 Å². The first-order valence-corrected chi connectivity index (χ1v) is 9.73. The molecule has 1 fully saturated rings. The molecule has 20 heavy (non-hydrogen) atoms. The molecule has 0 aromatic rings. The highest BCUT2D eigenvalue weighted by atomic mass is 32.2. The van der Waals surface area contributed by atoms with Crippen molar-refractivity contribution in [2.24, 2.45) is 0 Å². The summed E-state index contributed by atoms with van der Waals surface area (Å²) in [6.45, 7) is 9.80. The number of nitrogens with zero attached hydrogens (tertiary/aromatic N) is 2. The Morgan fingerprint density at radius 2 is 1.90 bits per heavy atom. The minimum absolute atomic E-state index is 0.564. The minimum Gasteiger partial charge on any atom is -0.314 e. The fourth-order valence-corrected chi connectivity index (χ4v) is 3.73. The highest BCUT2D eigenvalue weighted by Gasteiger charge is 2.18. The van der Waals surface area contributed by atoms with E-state index in [1.807, 2.05) is 6.92 Å². The van der Waals surface area contributed by atoms with E-state index < -0.39 is 10.0 Å². The van der Waals surface area contributed by atoms with Crippen LogP contribution in [0.2, 0.25) is 0 Å². The summed E-state index contributed by atoms with van der Waals surface area (Å²) in [4.78, 5) is 2.53. The maximum atomic E-state index is 11.5. The zero-order valence-corrected chi connectivity index (χ0v) is 14.1. The van der Waals surface area contributed by atoms with Crippen LogP contribution in [0.5, 0.6) is 0 Å². The van der Waals surface area contributed by atoms with Crippen molar-refractivity contribution in [3.05, 3.63) is 0 Å². The van der Waals surface area contributed by atoms with Crippen LogP contribution in [0.1, 0.15) is 39.5 Å². The van der Waals surface area contributed by atoms with Crippen LogP contribution >= 0.6 is 0 Å². The first kappa shape index (κ1) is 17.9. The average Bonchev–Trinajstić information content (AvgIpc) is 2.39. The lowest BCUT2D eigenvalue weighted by molar-refractivity contribution is 0.197. The number of hydrogen-bond donors (Lipinski definition) is 1. The van der Waals surface area contributed by atoms with E-state index >= 15 is 0 Å². The Kier molecular flexibility index (Phi) is 8.02. The Hall–Kier alpha value is -0.170. The Morgan fingerprint density at radius 3 is 2.40 bits per heavy atom. The zero-order valence-electron chi connectivity index (χ0n) is 13.3. The van der Waals surface area contributed by atoms with Crippen molar-refractivity contribution in [3.63, 3.8) is 0 Å². The van der Waals surface area contributed by atoms with Gasteiger partial charge < -0.3 is 10.2 Å². The van der Waals surface area contributed by atoms with E-state index in [9.17, 15) is 8.42 Å². The standard InChI is InChI=1S/C14H31N3O2S/c1-4-10-16-12-7-14(8-13-16)15-9-6-11-17(5-2)20(3,18)19/h14-15H,4-13H2,1-3H3. The number of hydrogen-bond acceptors (Lipinski definition) is 4. The Labute approximate surface area is 124 Å². The quantitative estimate of drug-likeness (QED) is 0.649. The zero-order chi connectivity index (χ0) is 15.0. The van der Waals surface area contributed by atoms with Crippen LogP contribution < -0.4 is 5.32 Å². The van der Waals surface area contributed by atoms with Gasteiger partial charge in [0.25, 0.3) is 0 Å². The van der Waals surface area contributed by atoms with Crippen LogP contribution in [-0.4, -0.2) is 69.2 Å². The van der Waals surface area contributed by atoms with Gasteiger partial charge in [0.05, 0.1) is 6.26 Å². The van der Waals surface area contributed by atoms with Crippen LogP contribution in [-0.2, 0) is 10.0 Å². The Morgan fingerprint density at radius 1 is 1.25 bits per heavy atom. The maximum Gasteiger partial charge on any atom is 0.211 e. The summed E-state index contributed by atoms with van der Waals surface area (Å²) in [5.41, 5.74) is 0. The fraction of sp³-hybridized carbons (Fsp3) is 1.00. The molecular formula is C14H31N3O2S. The lowest BCUT2D eigenvalue weighted by atomic mass is 10.0. The van der Waals surface area contributed by atoms with Crippen LogP contribution in [0.3, 0.4) is 0 Å². The van der Waals surface area contributed by atoms with Gasteiger partial charge >= 0.3 is 0 Å². The van der Waals surface area contributed by atoms with Crippen molar-refractivity contribution >= 4 is 10.0 Å². The summed E-state index contributed by atoms with van der Waals surface area (Å²) in [6.07, 6.45) is 5.83. The van der Waals surface area contributed by atoms with Gasteiger partial charge in [0.1, 0.15) is 0 Å². The lowest BCUT2D eigenvalue weighted by Gasteiger charge is -2.32. The molecule has 1 N–H and O–H groups in total. The summed E-state index contributed by atoms with van der Waals surface area (Å²) in [6, 6.07) is 0.608. The fourth-order valence-electron chi connectivity index (χ4n) is 2.80. The van der Waals surface area contributed by atoms with Gasteiger partial charge in [-0.15, -0.1) is 0 Å². The van der Waals surface area contributed by atoms with Gasteiger partial charge in [-0.2, -0.15) is 0 Å². The van der Waals surface area contributed by atoms with Gasteiger partial charge in [0.15, 0.2) is 0 Å². The predicted molar refractivity (Wildman–Crippen MR) is 84.5 cm³/mol. The van der Waals surface area contributed by atoms with Crippen molar-refractivity contribution in [2.45, 2.75) is 45.6 Å². The summed E-state index contributed by atoms with van der Waals surface area (Å²) in [7, 11) is -3.04. The molecular weight excluding hydrogens is 274 g/mol. The monoisotopic (exact) mass is 305 g/mol. The molecule has 1 rings (SSSR count). The third-order valence-electron chi connectivity index (χ3n) is 3.97. The summed E-state index contributed by atoms with van der Waals surface area (Å²) >= 11 is 0. The van der Waals surface area contributed by atoms with Crippen LogP contribution in [0.4, 0.5) is 0 Å². The topological polar surface area (TPSA) is 52.6 Å². The minimum atomic E-state index is -3.04. The molecule has 5 nitrogen and oxygen atoms in total. The molecule has 0 bridgehead atoms. The third-order valence-corrected chi connectivity index (χ3v) is 5.35. The predicted octanol–water partition coefficient (Wildman–Crippen LogP) is 1.12. The van der Waals surface area contributed by atoms with E-state index in [1.54, 1.807) is 4.31 Å². The van der Waals surface area contributed by atoms with E-state index in [0.717, 1.165) is 13.0 Å². The molecule has 1 aliphatic rings. The number of nitrogens with one attached hydrogen (secondary N) is 1. The summed E-state index contributed by atoms with van der Waals surface area (Å²) in [5.74, 6) is 0. The van der Waals surface area contributed by atoms with Crippen molar-refractivity contribution in [1.29, 1.82) is 0 Å². The Balaban J connectivity index is 2.13. The molecule has 1 heterocycles. The van der Waals surface area contributed by atoms with Gasteiger partial charge in [-0.05, 0) is 51.9 Å². The molecule has 120 valence electrons. The summed E-state index contributed by atoms with van der Waals surface area (Å²) in [5, 5.41) is 3.57. The van der Waals surface area contributed by atoms with E-state index in [1.165, 1.54) is 45.2 Å². The van der Waals surface area contributed by atoms with Gasteiger partial charge in [-0.25, -0.2) is 12.7 Å². The van der Waals surface area contributed by atoms with Gasteiger partial charge in [0.2, 0.25) is 10.0 Å². The largest absolute Gasteiger partial charge is 0.314 e. The number of sulfonamides is 1. The lowest BCUT2D eigenvalue weighted by Crippen LogP contribution is -2.43. The number of piperidine rings is 1. The molecule has 0 unspecified atom stereocenters. The second kappa shape index (κ2) is 8.97. The van der Waals surface area contributed by atoms with Crippen molar-refractivity contribution in [2.75, 3.05) is 45.5 Å². The highest BCUT2D eigenvalue weighted by molar-refractivity contribution is 7.88. The van der Waals surface area contributed by atoms with E-state index in [0.29, 0.717) is 19.1 Å². The smallest absolute Gasteiger partial charge is 0.211 e. The van der Waals surface area contributed by atoms with Crippen molar-refractivity contribution < 1.29 is 8.42 Å². The molecule has 1 saturated heterocycles. The second-order valence-corrected chi connectivity index (χ2v) is 7.66. The van der Waals surface area contributed by atoms with Crippen LogP contribution in [0.15, 0.2) is 0 Å². The van der Waals surface area contributed by atoms with Crippen molar-refractivity contribution in [1.82, 2.24) is 14.5 Å². The number of rotatable bonds is 9. The molecule has 0 saturated carbocycles. The van der Waals surface area contributed by atoms with Crippen LogP contribution in [0.25, 0.3) is 0 Å². The third kappa shape index (κ3) is 6.52. The average molecular weight is 305 g/mol. The molecule has 0 aromatic heterocycles. The molecule has 0 aromatic carbocycles. The molecule has 0 atom stereocenters. The number of likely N-dealkylation sites (tertiary alicyclic amines) is 1. The van der Waals surface area contributed by atoms with Gasteiger partial charge in [0, 0.05) is 19.1 Å². The summed E-state index contributed by atoms with van der Waals surface area (Å²) < 4.78 is 24.5. The molecule has 0 radical (unpaired) electrons. The Bertz CT molecular complexity index is 351. The molecule has 6 heteroatoms.